The fourth-order valence-electron chi connectivity index (χ4n) is 2.76. The zero-order valence-corrected chi connectivity index (χ0v) is 16.4. The van der Waals surface area contributed by atoms with E-state index in [2.05, 4.69) is 38.2 Å². The number of aromatic nitrogens is 5. The molecule has 0 fully saturated rings. The van der Waals surface area contributed by atoms with Crippen LogP contribution in [0.1, 0.15) is 11.4 Å². The number of nitrogens with one attached hydrogen (secondary N) is 1. The van der Waals surface area contributed by atoms with Crippen LogP contribution in [0, 0.1) is 12.7 Å². The van der Waals surface area contributed by atoms with Crippen LogP contribution in [-0.2, 0) is 5.75 Å². The van der Waals surface area contributed by atoms with Gasteiger partial charge in [-0.3, -0.25) is 4.57 Å². The minimum absolute atomic E-state index is 0.113. The van der Waals surface area contributed by atoms with E-state index in [-0.39, 0.29) is 11.8 Å². The molecule has 0 bridgehead atoms. The van der Waals surface area contributed by atoms with Gasteiger partial charge in [0.05, 0.1) is 11.4 Å². The molecule has 0 saturated carbocycles. The number of hydrogen-bond donors (Lipinski definition) is 2. The quantitative estimate of drug-likeness (QED) is 0.464. The van der Waals surface area contributed by atoms with Crippen molar-refractivity contribution in [3.63, 3.8) is 0 Å². The SMILES string of the molecule is Cc1ccccc1-n1ccnc1SCc1nc(N)nc(Nc2ccc(F)cc2)n1. The molecule has 0 unspecified atom stereocenters. The molecule has 0 atom stereocenters. The van der Waals surface area contributed by atoms with E-state index in [4.69, 9.17) is 5.73 Å². The summed E-state index contributed by atoms with van der Waals surface area (Å²) >= 11 is 1.50. The molecule has 4 rings (SSSR count). The molecule has 0 aliphatic carbocycles. The average Bonchev–Trinajstić information content (AvgIpc) is 3.16. The zero-order valence-electron chi connectivity index (χ0n) is 15.6. The highest BCUT2D eigenvalue weighted by molar-refractivity contribution is 7.98. The Kier molecular flexibility index (Phi) is 5.39. The standard InChI is InChI=1S/C20H18FN7S/c1-13-4-2-3-5-16(13)28-11-10-23-20(28)29-12-17-25-18(22)27-19(26-17)24-15-8-6-14(21)7-9-15/h2-11H,12H2,1H3,(H3,22,24,25,26,27). The Hall–Kier alpha value is -3.46. The Labute approximate surface area is 171 Å². The first-order chi connectivity index (χ1) is 14.1. The van der Waals surface area contributed by atoms with E-state index >= 15 is 0 Å². The van der Waals surface area contributed by atoms with Gasteiger partial charge in [-0.15, -0.1) is 0 Å². The summed E-state index contributed by atoms with van der Waals surface area (Å²) in [6.45, 7) is 2.06. The molecule has 2 heterocycles. The number of nitrogens with two attached hydrogens (primary N) is 1. The van der Waals surface area contributed by atoms with E-state index in [0.717, 1.165) is 16.4 Å². The van der Waals surface area contributed by atoms with Gasteiger partial charge >= 0.3 is 0 Å². The van der Waals surface area contributed by atoms with Gasteiger partial charge in [-0.05, 0) is 42.8 Å². The lowest BCUT2D eigenvalue weighted by Crippen LogP contribution is -2.07. The van der Waals surface area contributed by atoms with Crippen molar-refractivity contribution in [1.82, 2.24) is 24.5 Å². The van der Waals surface area contributed by atoms with Crippen LogP contribution in [0.4, 0.5) is 22.0 Å². The normalized spacial score (nSPS) is 10.8. The molecule has 7 nitrogen and oxygen atoms in total. The van der Waals surface area contributed by atoms with Crippen LogP contribution >= 0.6 is 11.8 Å². The topological polar surface area (TPSA) is 94.5 Å². The molecule has 29 heavy (non-hydrogen) atoms. The summed E-state index contributed by atoms with van der Waals surface area (Å²) in [4.78, 5) is 17.1. The minimum Gasteiger partial charge on any atom is -0.368 e. The van der Waals surface area contributed by atoms with Crippen molar-refractivity contribution in [2.45, 2.75) is 17.8 Å². The molecule has 0 aliphatic rings. The van der Waals surface area contributed by atoms with Gasteiger partial charge < -0.3 is 11.1 Å². The molecule has 0 radical (unpaired) electrons. The van der Waals surface area contributed by atoms with Crippen molar-refractivity contribution in [2.24, 2.45) is 0 Å². The van der Waals surface area contributed by atoms with Crippen molar-refractivity contribution in [1.29, 1.82) is 0 Å². The van der Waals surface area contributed by atoms with E-state index in [0.29, 0.717) is 23.2 Å². The molecule has 3 N–H and O–H groups in total. The number of thioether (sulfide) groups is 1. The monoisotopic (exact) mass is 407 g/mol. The first-order valence-electron chi connectivity index (χ1n) is 8.83. The first-order valence-corrected chi connectivity index (χ1v) is 9.82. The van der Waals surface area contributed by atoms with E-state index in [1.54, 1.807) is 18.3 Å². The number of nitrogen functional groups attached to an aromatic ring is 1. The predicted octanol–water partition coefficient (Wildman–Crippen LogP) is 4.12. The van der Waals surface area contributed by atoms with Gasteiger partial charge in [0, 0.05) is 18.1 Å². The molecule has 0 amide bonds. The number of halogens is 1. The molecule has 2 aromatic heterocycles. The molecular formula is C20H18FN7S. The number of hydrogen-bond acceptors (Lipinski definition) is 7. The largest absolute Gasteiger partial charge is 0.368 e. The summed E-state index contributed by atoms with van der Waals surface area (Å²) in [5.41, 5.74) is 8.72. The van der Waals surface area contributed by atoms with E-state index < -0.39 is 0 Å². The molecule has 0 spiro atoms. The van der Waals surface area contributed by atoms with Gasteiger partial charge in [0.25, 0.3) is 0 Å². The summed E-state index contributed by atoms with van der Waals surface area (Å²) in [5, 5.41) is 3.84. The molecule has 0 aliphatic heterocycles. The van der Waals surface area contributed by atoms with Gasteiger partial charge in [-0.2, -0.15) is 15.0 Å². The summed E-state index contributed by atoms with van der Waals surface area (Å²) in [7, 11) is 0. The van der Waals surface area contributed by atoms with Crippen LogP contribution in [0.2, 0.25) is 0 Å². The summed E-state index contributed by atoms with van der Waals surface area (Å²) in [6.07, 6.45) is 3.69. The third-order valence-electron chi connectivity index (χ3n) is 4.11. The van der Waals surface area contributed by atoms with Gasteiger partial charge in [0.15, 0.2) is 5.16 Å². The lowest BCUT2D eigenvalue weighted by atomic mass is 10.2. The van der Waals surface area contributed by atoms with E-state index in [9.17, 15) is 4.39 Å². The highest BCUT2D eigenvalue weighted by Gasteiger charge is 2.11. The Balaban J connectivity index is 1.51. The third kappa shape index (κ3) is 4.52. The van der Waals surface area contributed by atoms with Crippen LogP contribution < -0.4 is 11.1 Å². The second-order valence-corrected chi connectivity index (χ2v) is 7.16. The average molecular weight is 407 g/mol. The van der Waals surface area contributed by atoms with Crippen LogP contribution in [0.3, 0.4) is 0 Å². The smallest absolute Gasteiger partial charge is 0.232 e. The number of para-hydroxylation sites is 1. The highest BCUT2D eigenvalue weighted by Crippen LogP contribution is 2.25. The highest BCUT2D eigenvalue weighted by atomic mass is 32.2. The number of benzene rings is 2. The number of imidazole rings is 1. The maximum atomic E-state index is 13.1. The van der Waals surface area contributed by atoms with Gasteiger partial charge in [-0.25, -0.2) is 9.37 Å². The number of aryl methyl sites for hydroxylation is 1. The van der Waals surface area contributed by atoms with Crippen LogP contribution in [0.15, 0.2) is 66.1 Å². The Morgan fingerprint density at radius 2 is 1.86 bits per heavy atom. The fourth-order valence-corrected chi connectivity index (χ4v) is 3.58. The van der Waals surface area contributed by atoms with Gasteiger partial charge in [0.1, 0.15) is 11.6 Å². The molecule has 0 saturated heterocycles. The maximum absolute atomic E-state index is 13.1. The van der Waals surface area contributed by atoms with Crippen LogP contribution in [0.25, 0.3) is 5.69 Å². The summed E-state index contributed by atoms with van der Waals surface area (Å²) in [5.74, 6) is 1.09. The second-order valence-electron chi connectivity index (χ2n) is 6.22. The number of rotatable bonds is 6. The molecular weight excluding hydrogens is 389 g/mol. The number of anilines is 3. The van der Waals surface area contributed by atoms with Crippen molar-refractivity contribution >= 4 is 29.3 Å². The second kappa shape index (κ2) is 8.27. The Morgan fingerprint density at radius 1 is 1.07 bits per heavy atom. The minimum atomic E-state index is -0.313. The Morgan fingerprint density at radius 3 is 2.66 bits per heavy atom. The van der Waals surface area contributed by atoms with Crippen molar-refractivity contribution in [3.05, 3.63) is 78.1 Å². The molecule has 9 heteroatoms. The van der Waals surface area contributed by atoms with Gasteiger partial charge in [0.2, 0.25) is 11.9 Å². The zero-order chi connectivity index (χ0) is 20.2. The van der Waals surface area contributed by atoms with Crippen LogP contribution in [0.5, 0.6) is 0 Å². The first kappa shape index (κ1) is 18.9. The third-order valence-corrected chi connectivity index (χ3v) is 5.07. The van der Waals surface area contributed by atoms with E-state index in [1.165, 1.54) is 23.9 Å². The summed E-state index contributed by atoms with van der Waals surface area (Å²) in [6, 6.07) is 14.0. The number of nitrogens with zero attached hydrogens (tertiary/aromatic N) is 5. The molecule has 4 aromatic rings. The predicted molar refractivity (Wildman–Crippen MR) is 112 cm³/mol. The van der Waals surface area contributed by atoms with Crippen molar-refractivity contribution in [3.8, 4) is 5.69 Å². The van der Waals surface area contributed by atoms with E-state index in [1.807, 2.05) is 29.0 Å². The molecule has 146 valence electrons. The van der Waals surface area contributed by atoms with Crippen molar-refractivity contribution in [2.75, 3.05) is 11.1 Å². The Bertz CT molecular complexity index is 1130. The fraction of sp³-hybridized carbons (Fsp3) is 0.100. The summed E-state index contributed by atoms with van der Waals surface area (Å²) < 4.78 is 15.1. The lowest BCUT2D eigenvalue weighted by Gasteiger charge is -2.10. The van der Waals surface area contributed by atoms with Gasteiger partial charge in [-0.1, -0.05) is 30.0 Å². The maximum Gasteiger partial charge on any atom is 0.232 e. The molecule has 2 aromatic carbocycles. The van der Waals surface area contributed by atoms with Crippen LogP contribution in [-0.4, -0.2) is 24.5 Å². The lowest BCUT2D eigenvalue weighted by molar-refractivity contribution is 0.628. The van der Waals surface area contributed by atoms with Crippen molar-refractivity contribution < 1.29 is 4.39 Å².